The van der Waals surface area contributed by atoms with Crippen molar-refractivity contribution in [3.8, 4) is 0 Å². The first-order valence-corrected chi connectivity index (χ1v) is 9.44. The molecule has 0 aliphatic rings. The van der Waals surface area contributed by atoms with Crippen LogP contribution in [0.15, 0.2) is 59.1 Å². The van der Waals surface area contributed by atoms with E-state index in [9.17, 15) is 0 Å². The molecule has 0 heterocycles. The summed E-state index contributed by atoms with van der Waals surface area (Å²) in [4.78, 5) is 0.197. The highest BCUT2D eigenvalue weighted by Crippen LogP contribution is 2.39. The van der Waals surface area contributed by atoms with E-state index in [-0.39, 0.29) is 4.83 Å². The predicted octanol–water partition coefficient (Wildman–Crippen LogP) is 7.00. The Balaban J connectivity index is 2.21. The lowest BCUT2D eigenvalue weighted by Crippen LogP contribution is -1.98. The first kappa shape index (κ1) is 15.5. The summed E-state index contributed by atoms with van der Waals surface area (Å²) in [5, 5.41) is 2.54. The van der Waals surface area contributed by atoms with E-state index < -0.39 is 0 Å². The van der Waals surface area contributed by atoms with Crippen LogP contribution in [-0.4, -0.2) is 0 Å². The molecule has 0 aromatic heterocycles. The van der Waals surface area contributed by atoms with Crippen LogP contribution in [0.4, 0.5) is 0 Å². The molecule has 0 aliphatic heterocycles. The summed E-state index contributed by atoms with van der Waals surface area (Å²) in [5.74, 6) is 0. The van der Waals surface area contributed by atoms with Crippen LogP contribution < -0.4 is 0 Å². The van der Waals surface area contributed by atoms with Crippen molar-refractivity contribution in [3.05, 3.63) is 79.3 Å². The summed E-state index contributed by atoms with van der Waals surface area (Å²) in [5.41, 5.74) is 3.94. The van der Waals surface area contributed by atoms with E-state index in [4.69, 9.17) is 0 Å². The molecule has 106 valence electrons. The molecular weight excluding hydrogens is 503 g/mol. The van der Waals surface area contributed by atoms with Crippen molar-refractivity contribution in [2.24, 2.45) is 0 Å². The largest absolute Gasteiger partial charge is 0.0786 e. The van der Waals surface area contributed by atoms with Crippen molar-refractivity contribution in [1.29, 1.82) is 0 Å². The van der Waals surface area contributed by atoms with E-state index in [0.717, 1.165) is 4.47 Å². The monoisotopic (exact) mass is 514 g/mol. The number of benzene rings is 3. The van der Waals surface area contributed by atoms with E-state index in [1.165, 1.54) is 31.0 Å². The number of aryl methyl sites for hydroxylation is 1. The van der Waals surface area contributed by atoms with Gasteiger partial charge in [-0.05, 0) is 63.0 Å². The van der Waals surface area contributed by atoms with Gasteiger partial charge in [0.1, 0.15) is 0 Å². The van der Waals surface area contributed by atoms with Crippen molar-refractivity contribution in [2.75, 3.05) is 0 Å². The average molecular weight is 516 g/mol. The van der Waals surface area contributed by atoms with Gasteiger partial charge in [-0.3, -0.25) is 0 Å². The fourth-order valence-electron chi connectivity index (χ4n) is 2.54. The zero-order valence-electron chi connectivity index (χ0n) is 11.4. The van der Waals surface area contributed by atoms with E-state index in [0.29, 0.717) is 0 Å². The van der Waals surface area contributed by atoms with Crippen LogP contribution >= 0.6 is 54.5 Å². The second-order valence-electron chi connectivity index (χ2n) is 5.02. The van der Waals surface area contributed by atoms with E-state index >= 15 is 0 Å². The molecule has 0 saturated carbocycles. The summed E-state index contributed by atoms with van der Waals surface area (Å²) in [7, 11) is 0. The zero-order chi connectivity index (χ0) is 15.0. The number of hydrogen-bond acceptors (Lipinski definition) is 0. The van der Waals surface area contributed by atoms with E-state index in [2.05, 4.69) is 116 Å². The Kier molecular flexibility index (Phi) is 4.71. The van der Waals surface area contributed by atoms with Crippen molar-refractivity contribution in [3.63, 3.8) is 0 Å². The van der Waals surface area contributed by atoms with Crippen LogP contribution in [0.5, 0.6) is 0 Å². The van der Waals surface area contributed by atoms with Gasteiger partial charge in [0.25, 0.3) is 0 Å². The lowest BCUT2D eigenvalue weighted by molar-refractivity contribution is 1.16. The molecule has 0 fully saturated rings. The molecule has 0 saturated heterocycles. The minimum absolute atomic E-state index is 0.197. The van der Waals surface area contributed by atoms with E-state index in [1.54, 1.807) is 0 Å². The maximum atomic E-state index is 3.90. The summed E-state index contributed by atoms with van der Waals surface area (Å²) in [6.07, 6.45) is 0. The SMILES string of the molecule is Cc1cccc(C(Br)c2ccc(Br)c3ccccc23)c1I. The molecule has 3 rings (SSSR count). The number of rotatable bonds is 2. The first-order chi connectivity index (χ1) is 10.1. The van der Waals surface area contributed by atoms with Crippen LogP contribution in [0.1, 0.15) is 21.5 Å². The van der Waals surface area contributed by atoms with Gasteiger partial charge in [-0.1, -0.05) is 80.4 Å². The standard InChI is InChI=1S/C18H13Br2I/c1-11-5-4-8-15(18(11)21)17(20)14-9-10-16(19)13-7-3-2-6-12(13)14/h2-10,17H,1H3. The Morgan fingerprint density at radius 2 is 1.57 bits per heavy atom. The van der Waals surface area contributed by atoms with E-state index in [1.807, 2.05) is 0 Å². The fourth-order valence-corrected chi connectivity index (χ4v) is 4.90. The lowest BCUT2D eigenvalue weighted by atomic mass is 9.97. The molecule has 3 aromatic carbocycles. The summed E-state index contributed by atoms with van der Waals surface area (Å²) in [6.45, 7) is 2.16. The van der Waals surface area contributed by atoms with Crippen molar-refractivity contribution in [2.45, 2.75) is 11.8 Å². The lowest BCUT2D eigenvalue weighted by Gasteiger charge is -2.17. The molecule has 0 aliphatic carbocycles. The third-order valence-corrected chi connectivity index (χ3v) is 6.82. The van der Waals surface area contributed by atoms with Gasteiger partial charge >= 0.3 is 0 Å². The first-order valence-electron chi connectivity index (χ1n) is 6.66. The molecule has 1 unspecified atom stereocenters. The number of alkyl halides is 1. The highest BCUT2D eigenvalue weighted by molar-refractivity contribution is 14.1. The summed E-state index contributed by atoms with van der Waals surface area (Å²) in [6, 6.07) is 19.3. The quantitative estimate of drug-likeness (QED) is 0.255. The smallest absolute Gasteiger partial charge is 0.0661 e. The second kappa shape index (κ2) is 6.39. The van der Waals surface area contributed by atoms with Gasteiger partial charge < -0.3 is 0 Å². The predicted molar refractivity (Wildman–Crippen MR) is 106 cm³/mol. The average Bonchev–Trinajstić information content (AvgIpc) is 2.50. The number of fused-ring (bicyclic) bond motifs is 1. The molecule has 0 radical (unpaired) electrons. The summed E-state index contributed by atoms with van der Waals surface area (Å²) < 4.78 is 2.46. The molecular formula is C18H13Br2I. The molecule has 0 N–H and O–H groups in total. The topological polar surface area (TPSA) is 0 Å². The van der Waals surface area contributed by atoms with Gasteiger partial charge in [0.05, 0.1) is 4.83 Å². The number of halogens is 3. The molecule has 1 atom stereocenters. The van der Waals surface area contributed by atoms with Gasteiger partial charge in [0.2, 0.25) is 0 Å². The molecule has 3 aromatic rings. The highest BCUT2D eigenvalue weighted by Gasteiger charge is 2.17. The maximum absolute atomic E-state index is 3.90. The Labute approximate surface area is 155 Å². The van der Waals surface area contributed by atoms with Gasteiger partial charge in [-0.25, -0.2) is 0 Å². The molecule has 0 bridgehead atoms. The molecule has 21 heavy (non-hydrogen) atoms. The molecule has 0 spiro atoms. The van der Waals surface area contributed by atoms with Gasteiger partial charge in [0, 0.05) is 8.04 Å². The van der Waals surface area contributed by atoms with Gasteiger partial charge in [0.15, 0.2) is 0 Å². The Morgan fingerprint density at radius 1 is 0.857 bits per heavy atom. The fraction of sp³-hybridized carbons (Fsp3) is 0.111. The maximum Gasteiger partial charge on any atom is 0.0661 e. The third-order valence-electron chi connectivity index (χ3n) is 3.67. The molecule has 0 nitrogen and oxygen atoms in total. The van der Waals surface area contributed by atoms with Crippen LogP contribution in [0.25, 0.3) is 10.8 Å². The van der Waals surface area contributed by atoms with Crippen LogP contribution in [0.3, 0.4) is 0 Å². The van der Waals surface area contributed by atoms with Crippen LogP contribution in [-0.2, 0) is 0 Å². The number of hydrogen-bond donors (Lipinski definition) is 0. The van der Waals surface area contributed by atoms with Crippen molar-refractivity contribution >= 4 is 65.2 Å². The minimum atomic E-state index is 0.197. The summed E-state index contributed by atoms with van der Waals surface area (Å²) >= 11 is 9.99. The van der Waals surface area contributed by atoms with Crippen LogP contribution in [0.2, 0.25) is 0 Å². The minimum Gasteiger partial charge on any atom is -0.0786 e. The van der Waals surface area contributed by atoms with Crippen molar-refractivity contribution in [1.82, 2.24) is 0 Å². The molecule has 0 amide bonds. The Hall–Kier alpha value is -0.390. The second-order valence-corrected chi connectivity index (χ2v) is 7.87. The third kappa shape index (κ3) is 2.92. The van der Waals surface area contributed by atoms with Gasteiger partial charge in [-0.2, -0.15) is 0 Å². The molecule has 3 heteroatoms. The Bertz CT molecular complexity index is 811. The Morgan fingerprint density at radius 3 is 2.33 bits per heavy atom. The highest BCUT2D eigenvalue weighted by atomic mass is 127. The zero-order valence-corrected chi connectivity index (χ0v) is 16.7. The van der Waals surface area contributed by atoms with Gasteiger partial charge in [-0.15, -0.1) is 0 Å². The van der Waals surface area contributed by atoms with Crippen LogP contribution in [0, 0.1) is 10.5 Å². The van der Waals surface area contributed by atoms with Crippen molar-refractivity contribution < 1.29 is 0 Å². The normalized spacial score (nSPS) is 12.6.